The molecule has 0 heterocycles. The molecule has 8 heteroatoms. The molecule has 7 nitrogen and oxygen atoms in total. The van der Waals surface area contributed by atoms with E-state index < -0.39 is 11.7 Å². The molecule has 0 atom stereocenters. The van der Waals surface area contributed by atoms with Crippen LogP contribution in [0.5, 0.6) is 0 Å². The van der Waals surface area contributed by atoms with Crippen LogP contribution in [0.25, 0.3) is 0 Å². The number of halogens is 1. The Morgan fingerprint density at radius 3 is 1.95 bits per heavy atom. The van der Waals surface area contributed by atoms with E-state index in [4.69, 9.17) is 14.2 Å². The Kier molecular flexibility index (Phi) is 11.3. The van der Waals surface area contributed by atoms with Crippen LogP contribution in [0.2, 0.25) is 0 Å². The summed E-state index contributed by atoms with van der Waals surface area (Å²) in [6.45, 7) is 7.99. The van der Waals surface area contributed by atoms with Gasteiger partial charge in [-0.25, -0.2) is 4.79 Å². The number of hydrogen-bond donors (Lipinski definition) is 2. The molecule has 0 aliphatic heterocycles. The Bertz CT molecular complexity index is 307. The second kappa shape index (κ2) is 11.8. The number of alkyl carbamates (subject to hydrolysis) is 1. The number of nitrogens with one attached hydrogen (secondary N) is 2. The van der Waals surface area contributed by atoms with Crippen molar-refractivity contribution in [1.82, 2.24) is 10.6 Å². The summed E-state index contributed by atoms with van der Waals surface area (Å²) in [5.74, 6) is -0.0666. The van der Waals surface area contributed by atoms with Gasteiger partial charge in [0.1, 0.15) is 5.60 Å². The Morgan fingerprint density at radius 2 is 1.48 bits per heavy atom. The van der Waals surface area contributed by atoms with Crippen molar-refractivity contribution in [3.05, 3.63) is 0 Å². The van der Waals surface area contributed by atoms with E-state index in [0.29, 0.717) is 44.8 Å². The molecule has 0 aliphatic carbocycles. The normalized spacial score (nSPS) is 11.0. The highest BCUT2D eigenvalue weighted by Crippen LogP contribution is 2.05. The highest BCUT2D eigenvalue weighted by Gasteiger charge is 2.15. The Hall–Kier alpha value is -0.860. The maximum absolute atomic E-state index is 11.3. The molecule has 0 unspecified atom stereocenters. The van der Waals surface area contributed by atoms with Crippen LogP contribution in [0, 0.1) is 0 Å². The van der Waals surface area contributed by atoms with Crippen LogP contribution in [0.4, 0.5) is 4.79 Å². The number of hydrogen-bond acceptors (Lipinski definition) is 5. The van der Waals surface area contributed by atoms with Gasteiger partial charge in [0.25, 0.3) is 0 Å². The number of ether oxygens (including phenoxy) is 3. The van der Waals surface area contributed by atoms with Crippen LogP contribution in [-0.2, 0) is 19.0 Å². The molecular weight excluding hydrogens is 344 g/mol. The van der Waals surface area contributed by atoms with E-state index in [-0.39, 0.29) is 5.91 Å². The van der Waals surface area contributed by atoms with Gasteiger partial charge >= 0.3 is 6.09 Å². The molecule has 0 aromatic heterocycles. The van der Waals surface area contributed by atoms with Crippen LogP contribution in [0.15, 0.2) is 0 Å². The molecule has 124 valence electrons. The summed E-state index contributed by atoms with van der Waals surface area (Å²) in [4.78, 5) is 22.2. The Balaban J connectivity index is 3.26. The summed E-state index contributed by atoms with van der Waals surface area (Å²) in [7, 11) is 0. The summed E-state index contributed by atoms with van der Waals surface area (Å²) in [6, 6.07) is 0. The van der Waals surface area contributed by atoms with Gasteiger partial charge in [-0.15, -0.1) is 0 Å². The van der Waals surface area contributed by atoms with Crippen molar-refractivity contribution in [3.63, 3.8) is 0 Å². The summed E-state index contributed by atoms with van der Waals surface area (Å²) < 4.78 is 15.6. The average Bonchev–Trinajstić information content (AvgIpc) is 2.38. The third-order valence-corrected chi connectivity index (χ3v) is 2.49. The van der Waals surface area contributed by atoms with Gasteiger partial charge < -0.3 is 24.8 Å². The predicted octanol–water partition coefficient (Wildman–Crippen LogP) is 1.06. The fraction of sp³-hybridized carbons (Fsp3) is 0.846. The number of rotatable bonds is 10. The predicted molar refractivity (Wildman–Crippen MR) is 82.7 cm³/mol. The highest BCUT2D eigenvalue weighted by atomic mass is 79.9. The van der Waals surface area contributed by atoms with E-state index in [1.807, 2.05) is 0 Å². The maximum Gasteiger partial charge on any atom is 0.407 e. The molecule has 0 bridgehead atoms. The standard InChI is InChI=1S/C13H25BrN2O5/c1-13(2,3)21-12(18)16-5-7-20-9-8-19-6-4-15-11(17)10-14/h4-10H2,1-3H3,(H,15,17)(H,16,18). The Morgan fingerprint density at radius 1 is 0.952 bits per heavy atom. The fourth-order valence-electron chi connectivity index (χ4n) is 1.17. The minimum atomic E-state index is -0.497. The summed E-state index contributed by atoms with van der Waals surface area (Å²) in [6.07, 6.45) is -0.454. The minimum absolute atomic E-state index is 0.0666. The van der Waals surface area contributed by atoms with Crippen molar-refractivity contribution in [2.75, 3.05) is 44.8 Å². The lowest BCUT2D eigenvalue weighted by atomic mass is 10.2. The van der Waals surface area contributed by atoms with Gasteiger partial charge in [-0.1, -0.05) is 15.9 Å². The van der Waals surface area contributed by atoms with E-state index in [1.165, 1.54) is 0 Å². The second-order valence-electron chi connectivity index (χ2n) is 5.14. The molecule has 0 spiro atoms. The summed E-state index contributed by atoms with van der Waals surface area (Å²) in [5, 5.41) is 5.54. The molecular formula is C13H25BrN2O5. The molecule has 0 saturated heterocycles. The zero-order valence-electron chi connectivity index (χ0n) is 12.9. The van der Waals surface area contributed by atoms with Crippen LogP contribution >= 0.6 is 15.9 Å². The average molecular weight is 369 g/mol. The first kappa shape index (κ1) is 20.1. The SMILES string of the molecule is CC(C)(C)OC(=O)NCCOCCOCCNC(=O)CBr. The van der Waals surface area contributed by atoms with E-state index in [1.54, 1.807) is 20.8 Å². The minimum Gasteiger partial charge on any atom is -0.444 e. The molecule has 0 aromatic rings. The van der Waals surface area contributed by atoms with Crippen molar-refractivity contribution < 1.29 is 23.8 Å². The lowest BCUT2D eigenvalue weighted by Gasteiger charge is -2.19. The first-order chi connectivity index (χ1) is 9.85. The Labute approximate surface area is 134 Å². The number of alkyl halides is 1. The molecule has 0 radical (unpaired) electrons. The first-order valence-electron chi connectivity index (χ1n) is 6.80. The largest absolute Gasteiger partial charge is 0.444 e. The molecule has 21 heavy (non-hydrogen) atoms. The third-order valence-electron chi connectivity index (χ3n) is 1.98. The highest BCUT2D eigenvalue weighted by molar-refractivity contribution is 9.09. The molecule has 0 aliphatic rings. The first-order valence-corrected chi connectivity index (χ1v) is 7.92. The van der Waals surface area contributed by atoms with Gasteiger partial charge in [-0.05, 0) is 20.8 Å². The van der Waals surface area contributed by atoms with Crippen LogP contribution in [0.3, 0.4) is 0 Å². The molecule has 2 amide bonds. The van der Waals surface area contributed by atoms with Crippen molar-refractivity contribution >= 4 is 27.9 Å². The van der Waals surface area contributed by atoms with Gasteiger partial charge in [-0.3, -0.25) is 4.79 Å². The molecule has 0 rings (SSSR count). The summed E-state index contributed by atoms with van der Waals surface area (Å²) in [5.41, 5.74) is -0.497. The molecule has 0 saturated carbocycles. The van der Waals surface area contributed by atoms with E-state index in [2.05, 4.69) is 26.6 Å². The van der Waals surface area contributed by atoms with Gasteiger partial charge in [0.05, 0.1) is 31.8 Å². The maximum atomic E-state index is 11.3. The van der Waals surface area contributed by atoms with Gasteiger partial charge in [-0.2, -0.15) is 0 Å². The third kappa shape index (κ3) is 15.3. The van der Waals surface area contributed by atoms with Crippen LogP contribution < -0.4 is 10.6 Å². The molecule has 2 N–H and O–H groups in total. The lowest BCUT2D eigenvalue weighted by Crippen LogP contribution is -2.34. The number of carbonyl (C=O) groups is 2. The van der Waals surface area contributed by atoms with Crippen molar-refractivity contribution in [1.29, 1.82) is 0 Å². The van der Waals surface area contributed by atoms with Gasteiger partial charge in [0.15, 0.2) is 0 Å². The summed E-state index contributed by atoms with van der Waals surface area (Å²) >= 11 is 3.05. The van der Waals surface area contributed by atoms with E-state index >= 15 is 0 Å². The van der Waals surface area contributed by atoms with Crippen molar-refractivity contribution in [3.8, 4) is 0 Å². The van der Waals surface area contributed by atoms with Crippen molar-refractivity contribution in [2.45, 2.75) is 26.4 Å². The lowest BCUT2D eigenvalue weighted by molar-refractivity contribution is -0.118. The van der Waals surface area contributed by atoms with Gasteiger partial charge in [0.2, 0.25) is 5.91 Å². The molecule has 0 fully saturated rings. The second-order valence-corrected chi connectivity index (χ2v) is 5.70. The topological polar surface area (TPSA) is 85.9 Å². The molecule has 0 aromatic carbocycles. The van der Waals surface area contributed by atoms with Crippen molar-refractivity contribution in [2.24, 2.45) is 0 Å². The van der Waals surface area contributed by atoms with E-state index in [0.717, 1.165) is 0 Å². The van der Waals surface area contributed by atoms with E-state index in [9.17, 15) is 9.59 Å². The zero-order chi connectivity index (χ0) is 16.1. The van der Waals surface area contributed by atoms with Crippen LogP contribution in [-0.4, -0.2) is 62.4 Å². The zero-order valence-corrected chi connectivity index (χ0v) is 14.5. The quantitative estimate of drug-likeness (QED) is 0.444. The van der Waals surface area contributed by atoms with Gasteiger partial charge in [0, 0.05) is 13.1 Å². The monoisotopic (exact) mass is 368 g/mol. The number of amides is 2. The number of carbonyl (C=O) groups excluding carboxylic acids is 2. The smallest absolute Gasteiger partial charge is 0.407 e. The van der Waals surface area contributed by atoms with Crippen LogP contribution in [0.1, 0.15) is 20.8 Å². The fourth-order valence-corrected chi connectivity index (χ4v) is 1.37.